The molecule has 4 fully saturated rings. The molecule has 0 amide bonds. The first kappa shape index (κ1) is 8.08. The van der Waals surface area contributed by atoms with Crippen molar-refractivity contribution in [3.63, 3.8) is 0 Å². The van der Waals surface area contributed by atoms with Crippen LogP contribution in [0.2, 0.25) is 0 Å². The normalized spacial score (nSPS) is 51.6. The van der Waals surface area contributed by atoms with Gasteiger partial charge in [-0.25, -0.2) is 0 Å². The van der Waals surface area contributed by atoms with E-state index in [1.807, 2.05) is 0 Å². The molecule has 0 aromatic rings. The van der Waals surface area contributed by atoms with E-state index in [-0.39, 0.29) is 0 Å². The zero-order valence-electron chi connectivity index (χ0n) is 8.63. The van der Waals surface area contributed by atoms with Crippen LogP contribution in [-0.4, -0.2) is 0 Å². The lowest BCUT2D eigenvalue weighted by molar-refractivity contribution is 0.106. The molecule has 0 heteroatoms. The molecule has 4 rings (SSSR count). The minimum Gasteiger partial charge on any atom is -0.0996 e. The van der Waals surface area contributed by atoms with Gasteiger partial charge >= 0.3 is 0 Å². The van der Waals surface area contributed by atoms with Gasteiger partial charge in [-0.1, -0.05) is 19.1 Å². The lowest BCUT2D eigenvalue weighted by Gasteiger charge is -2.43. The maximum Gasteiger partial charge on any atom is -0.0172 e. The van der Waals surface area contributed by atoms with Crippen LogP contribution in [0.5, 0.6) is 0 Å². The summed E-state index contributed by atoms with van der Waals surface area (Å²) in [5.74, 6) is 5.39. The first-order chi connectivity index (χ1) is 6.31. The summed E-state index contributed by atoms with van der Waals surface area (Å²) in [5, 5.41) is 0. The molecular formula is C13H20. The van der Waals surface area contributed by atoms with Gasteiger partial charge in [-0.05, 0) is 61.7 Å². The summed E-state index contributed by atoms with van der Waals surface area (Å²) in [6.45, 7) is 6.54. The van der Waals surface area contributed by atoms with Crippen molar-refractivity contribution < 1.29 is 0 Å². The van der Waals surface area contributed by atoms with E-state index in [1.54, 1.807) is 18.4 Å². The highest BCUT2D eigenvalue weighted by atomic mass is 14.6. The van der Waals surface area contributed by atoms with Crippen molar-refractivity contribution in [1.29, 1.82) is 0 Å². The summed E-state index contributed by atoms with van der Waals surface area (Å²) < 4.78 is 0. The van der Waals surface area contributed by atoms with Gasteiger partial charge in [0.05, 0.1) is 0 Å². The second-order valence-corrected chi connectivity index (χ2v) is 5.42. The molecule has 5 unspecified atom stereocenters. The van der Waals surface area contributed by atoms with Gasteiger partial charge in [0.15, 0.2) is 0 Å². The van der Waals surface area contributed by atoms with Gasteiger partial charge in [0, 0.05) is 0 Å². The molecule has 4 aliphatic carbocycles. The summed E-state index contributed by atoms with van der Waals surface area (Å²) in [5.41, 5.74) is 1.56. The monoisotopic (exact) mass is 176 g/mol. The van der Waals surface area contributed by atoms with Crippen LogP contribution in [0.1, 0.15) is 39.0 Å². The Labute approximate surface area is 81.4 Å². The van der Waals surface area contributed by atoms with Gasteiger partial charge in [-0.15, -0.1) is 0 Å². The minimum atomic E-state index is 0.924. The molecule has 0 saturated heterocycles. The summed E-state index contributed by atoms with van der Waals surface area (Å²) in [6, 6.07) is 0. The Bertz CT molecular complexity index is 240. The fourth-order valence-corrected chi connectivity index (χ4v) is 4.13. The molecule has 4 saturated carbocycles. The molecule has 5 atom stereocenters. The van der Waals surface area contributed by atoms with Crippen LogP contribution in [0.3, 0.4) is 0 Å². The smallest absolute Gasteiger partial charge is 0.0172 e. The van der Waals surface area contributed by atoms with E-state index in [1.165, 1.54) is 25.2 Å². The van der Waals surface area contributed by atoms with Gasteiger partial charge in [0.2, 0.25) is 0 Å². The van der Waals surface area contributed by atoms with E-state index < -0.39 is 0 Å². The lowest BCUT2D eigenvalue weighted by atomic mass is 9.62. The fraction of sp³-hybridized carbons (Fsp3) is 0.846. The van der Waals surface area contributed by atoms with Crippen molar-refractivity contribution >= 4 is 0 Å². The van der Waals surface area contributed by atoms with Crippen molar-refractivity contribution in [1.82, 2.24) is 0 Å². The Kier molecular flexibility index (Phi) is 1.63. The first-order valence-electron chi connectivity index (χ1n) is 5.99. The van der Waals surface area contributed by atoms with Crippen LogP contribution in [0.4, 0.5) is 0 Å². The van der Waals surface area contributed by atoms with Gasteiger partial charge in [-0.3, -0.25) is 0 Å². The molecule has 0 radical (unpaired) electrons. The predicted molar refractivity (Wildman–Crippen MR) is 55.3 cm³/mol. The number of fused-ring (bicyclic) bond motifs is 2. The Morgan fingerprint density at radius 2 is 2.00 bits per heavy atom. The molecule has 0 N–H and O–H groups in total. The molecule has 72 valence electrons. The average molecular weight is 176 g/mol. The van der Waals surface area contributed by atoms with Crippen LogP contribution < -0.4 is 0 Å². The summed E-state index contributed by atoms with van der Waals surface area (Å²) in [7, 11) is 0. The maximum absolute atomic E-state index is 4.27. The molecule has 0 spiro atoms. The molecule has 13 heavy (non-hydrogen) atoms. The SMILES string of the molecule is C=C(CC)C1CC2CCC1C1CC21. The Morgan fingerprint density at radius 1 is 1.15 bits per heavy atom. The van der Waals surface area contributed by atoms with Gasteiger partial charge in [0.1, 0.15) is 0 Å². The molecule has 2 bridgehead atoms. The zero-order chi connectivity index (χ0) is 9.00. The maximum atomic E-state index is 4.27. The van der Waals surface area contributed by atoms with E-state index >= 15 is 0 Å². The average Bonchev–Trinajstić information content (AvgIpc) is 2.97. The number of allylic oxidation sites excluding steroid dienone is 1. The Balaban J connectivity index is 1.81. The van der Waals surface area contributed by atoms with Gasteiger partial charge in [-0.2, -0.15) is 0 Å². The van der Waals surface area contributed by atoms with Crippen LogP contribution in [-0.2, 0) is 0 Å². The zero-order valence-corrected chi connectivity index (χ0v) is 8.63. The summed E-state index contributed by atoms with van der Waals surface area (Å²) in [6.07, 6.45) is 7.35. The largest absolute Gasteiger partial charge is 0.0996 e. The highest BCUT2D eigenvalue weighted by Crippen LogP contribution is 2.65. The quantitative estimate of drug-likeness (QED) is 0.563. The van der Waals surface area contributed by atoms with Crippen molar-refractivity contribution in [3.8, 4) is 0 Å². The van der Waals surface area contributed by atoms with Crippen LogP contribution in [0.15, 0.2) is 12.2 Å². The molecule has 0 aliphatic heterocycles. The first-order valence-corrected chi connectivity index (χ1v) is 5.99. The van der Waals surface area contributed by atoms with E-state index in [2.05, 4.69) is 13.5 Å². The molecule has 0 aromatic heterocycles. The summed E-state index contributed by atoms with van der Waals surface area (Å²) >= 11 is 0. The highest BCUT2D eigenvalue weighted by molar-refractivity contribution is 5.14. The lowest BCUT2D eigenvalue weighted by Crippen LogP contribution is -2.34. The van der Waals surface area contributed by atoms with E-state index in [4.69, 9.17) is 0 Å². The summed E-state index contributed by atoms with van der Waals surface area (Å²) in [4.78, 5) is 0. The predicted octanol–water partition coefficient (Wildman–Crippen LogP) is 3.63. The van der Waals surface area contributed by atoms with E-state index in [9.17, 15) is 0 Å². The molecule has 0 aromatic carbocycles. The standard InChI is InChI=1S/C13H20/c1-3-8(2)11-6-9-4-5-10(11)13-7-12(9)13/h9-13H,2-7H2,1H3. The third kappa shape index (κ3) is 1.04. The Hall–Kier alpha value is -0.260. The Morgan fingerprint density at radius 3 is 2.69 bits per heavy atom. The van der Waals surface area contributed by atoms with Crippen LogP contribution in [0, 0.1) is 29.6 Å². The van der Waals surface area contributed by atoms with Gasteiger partial charge < -0.3 is 0 Å². The topological polar surface area (TPSA) is 0 Å². The minimum absolute atomic E-state index is 0.924. The molecule has 0 nitrogen and oxygen atoms in total. The highest BCUT2D eigenvalue weighted by Gasteiger charge is 2.57. The van der Waals surface area contributed by atoms with Crippen molar-refractivity contribution in [2.45, 2.75) is 39.0 Å². The number of rotatable bonds is 2. The van der Waals surface area contributed by atoms with Crippen molar-refractivity contribution in [2.24, 2.45) is 29.6 Å². The van der Waals surface area contributed by atoms with E-state index in [0.717, 1.165) is 23.7 Å². The van der Waals surface area contributed by atoms with E-state index in [0.29, 0.717) is 0 Å². The van der Waals surface area contributed by atoms with Crippen LogP contribution in [0.25, 0.3) is 0 Å². The fourth-order valence-electron chi connectivity index (χ4n) is 4.13. The number of hydrogen-bond donors (Lipinski definition) is 0. The second kappa shape index (κ2) is 2.62. The second-order valence-electron chi connectivity index (χ2n) is 5.42. The van der Waals surface area contributed by atoms with Crippen molar-refractivity contribution in [2.75, 3.05) is 0 Å². The number of hydrogen-bond acceptors (Lipinski definition) is 0. The van der Waals surface area contributed by atoms with Crippen molar-refractivity contribution in [3.05, 3.63) is 12.2 Å². The van der Waals surface area contributed by atoms with Crippen LogP contribution >= 0.6 is 0 Å². The van der Waals surface area contributed by atoms with Gasteiger partial charge in [0.25, 0.3) is 0 Å². The molecular weight excluding hydrogens is 156 g/mol. The third-order valence-electron chi connectivity index (χ3n) is 4.97. The molecule has 0 heterocycles. The molecule has 4 aliphatic rings. The third-order valence-corrected chi connectivity index (χ3v) is 4.97.